The van der Waals surface area contributed by atoms with Crippen LogP contribution in [0, 0.1) is 9.39 Å². The average molecular weight is 484 g/mol. The van der Waals surface area contributed by atoms with Crippen molar-refractivity contribution in [2.75, 3.05) is 16.0 Å². The summed E-state index contributed by atoms with van der Waals surface area (Å²) in [6.45, 7) is 0. The van der Waals surface area contributed by atoms with E-state index >= 15 is 0 Å². The van der Waals surface area contributed by atoms with Crippen LogP contribution in [0.25, 0.3) is 0 Å². The molecule has 1 N–H and O–H groups in total. The van der Waals surface area contributed by atoms with Crippen molar-refractivity contribution in [3.05, 3.63) is 57.9 Å². The summed E-state index contributed by atoms with van der Waals surface area (Å²) in [5.41, 5.74) is 1.02. The Morgan fingerprint density at radius 1 is 1.15 bits per heavy atom. The number of amides is 3. The number of thioether (sulfide) groups is 1. The molecule has 0 unspecified atom stereocenters. The number of halogens is 2. The summed E-state index contributed by atoms with van der Waals surface area (Å²) >= 11 is 3.28. The predicted octanol–water partition coefficient (Wildman–Crippen LogP) is 3.43. The predicted molar refractivity (Wildman–Crippen MR) is 108 cm³/mol. The Bertz CT molecular complexity index is 843. The fourth-order valence-electron chi connectivity index (χ4n) is 2.50. The fraction of sp³-hybridized carbons (Fsp3) is 0.167. The number of imide groups is 1. The number of nitrogens with one attached hydrogen (secondary N) is 1. The van der Waals surface area contributed by atoms with Gasteiger partial charge in [0.1, 0.15) is 5.82 Å². The summed E-state index contributed by atoms with van der Waals surface area (Å²) < 4.78 is 13.9. The van der Waals surface area contributed by atoms with Crippen LogP contribution >= 0.6 is 34.4 Å². The van der Waals surface area contributed by atoms with Crippen LogP contribution < -0.4 is 10.2 Å². The molecule has 8 heteroatoms. The van der Waals surface area contributed by atoms with E-state index in [4.69, 9.17) is 0 Å². The van der Waals surface area contributed by atoms with Crippen molar-refractivity contribution in [3.63, 3.8) is 0 Å². The van der Waals surface area contributed by atoms with E-state index in [-0.39, 0.29) is 35.7 Å². The van der Waals surface area contributed by atoms with Gasteiger partial charge in [-0.2, -0.15) is 0 Å². The summed E-state index contributed by atoms with van der Waals surface area (Å²) in [5, 5.41) is 2.05. The van der Waals surface area contributed by atoms with Crippen LogP contribution in [0.3, 0.4) is 0 Å². The highest BCUT2D eigenvalue weighted by Gasteiger charge is 2.40. The van der Waals surface area contributed by atoms with Crippen LogP contribution in [0.5, 0.6) is 0 Å². The maximum Gasteiger partial charge on any atom is 0.247 e. The van der Waals surface area contributed by atoms with E-state index in [9.17, 15) is 18.8 Å². The molecule has 26 heavy (non-hydrogen) atoms. The number of carbonyl (C=O) groups is 3. The lowest BCUT2D eigenvalue weighted by Crippen LogP contribution is -2.31. The Morgan fingerprint density at radius 2 is 1.81 bits per heavy atom. The first-order valence-electron chi connectivity index (χ1n) is 7.73. The quantitative estimate of drug-likeness (QED) is 0.522. The Kier molecular flexibility index (Phi) is 5.92. The Morgan fingerprint density at radius 3 is 2.46 bits per heavy atom. The van der Waals surface area contributed by atoms with E-state index in [0.29, 0.717) is 11.4 Å². The van der Waals surface area contributed by atoms with Crippen molar-refractivity contribution < 1.29 is 18.8 Å². The highest BCUT2D eigenvalue weighted by Crippen LogP contribution is 2.30. The van der Waals surface area contributed by atoms with Gasteiger partial charge in [0.2, 0.25) is 17.7 Å². The summed E-state index contributed by atoms with van der Waals surface area (Å²) in [5.74, 6) is -1.25. The first-order valence-corrected chi connectivity index (χ1v) is 9.86. The van der Waals surface area contributed by atoms with Gasteiger partial charge >= 0.3 is 0 Å². The molecule has 3 rings (SSSR count). The van der Waals surface area contributed by atoms with Gasteiger partial charge in [-0.15, -0.1) is 11.8 Å². The first-order chi connectivity index (χ1) is 12.4. The normalized spacial score (nSPS) is 16.8. The highest BCUT2D eigenvalue weighted by atomic mass is 127. The zero-order chi connectivity index (χ0) is 18.7. The van der Waals surface area contributed by atoms with Crippen LogP contribution in [-0.4, -0.2) is 28.7 Å². The van der Waals surface area contributed by atoms with Crippen molar-refractivity contribution in [3.8, 4) is 0 Å². The Labute approximate surface area is 167 Å². The molecule has 1 aliphatic heterocycles. The standard InChI is InChI=1S/C18H14FIN2O3S/c19-11-1-5-13(6-2-11)21-16(23)10-26-15-9-17(24)22(18(15)25)14-7-3-12(20)4-8-14/h1-8,15H,9-10H2,(H,21,23)/t15-/m1/s1. The van der Waals surface area contributed by atoms with Gasteiger partial charge in [-0.3, -0.25) is 14.4 Å². The van der Waals surface area contributed by atoms with Gasteiger partial charge in [-0.25, -0.2) is 9.29 Å². The topological polar surface area (TPSA) is 66.5 Å². The molecule has 1 saturated heterocycles. The molecule has 1 atom stereocenters. The Balaban J connectivity index is 1.57. The van der Waals surface area contributed by atoms with Crippen molar-refractivity contribution in [2.24, 2.45) is 0 Å². The highest BCUT2D eigenvalue weighted by molar-refractivity contribution is 14.1. The number of carbonyl (C=O) groups excluding carboxylic acids is 3. The number of hydrogen-bond donors (Lipinski definition) is 1. The van der Waals surface area contributed by atoms with Crippen LogP contribution in [0.4, 0.5) is 15.8 Å². The van der Waals surface area contributed by atoms with E-state index < -0.39 is 5.25 Å². The average Bonchev–Trinajstić information content (AvgIpc) is 2.90. The maximum atomic E-state index is 12.9. The molecule has 5 nitrogen and oxygen atoms in total. The summed E-state index contributed by atoms with van der Waals surface area (Å²) in [6, 6.07) is 12.5. The summed E-state index contributed by atoms with van der Waals surface area (Å²) in [7, 11) is 0. The summed E-state index contributed by atoms with van der Waals surface area (Å²) in [4.78, 5) is 37.9. The van der Waals surface area contributed by atoms with Gasteiger partial charge in [-0.1, -0.05) is 0 Å². The second kappa shape index (κ2) is 8.17. The van der Waals surface area contributed by atoms with Crippen molar-refractivity contribution in [1.29, 1.82) is 0 Å². The molecule has 134 valence electrons. The van der Waals surface area contributed by atoms with Gasteiger partial charge in [0, 0.05) is 15.7 Å². The molecule has 0 radical (unpaired) electrons. The van der Waals surface area contributed by atoms with Crippen molar-refractivity contribution >= 4 is 63.4 Å². The van der Waals surface area contributed by atoms with Crippen LogP contribution in [0.15, 0.2) is 48.5 Å². The smallest absolute Gasteiger partial charge is 0.247 e. The summed E-state index contributed by atoms with van der Waals surface area (Å²) in [6.07, 6.45) is 0.0688. The number of nitrogens with zero attached hydrogens (tertiary/aromatic N) is 1. The molecule has 0 saturated carbocycles. The van der Waals surface area contributed by atoms with Crippen molar-refractivity contribution in [1.82, 2.24) is 0 Å². The molecule has 0 aromatic heterocycles. The third-order valence-electron chi connectivity index (χ3n) is 3.73. The van der Waals surface area contributed by atoms with Crippen LogP contribution in [0.2, 0.25) is 0 Å². The minimum atomic E-state index is -0.583. The van der Waals surface area contributed by atoms with Crippen molar-refractivity contribution in [2.45, 2.75) is 11.7 Å². The molecule has 3 amide bonds. The number of benzene rings is 2. The van der Waals surface area contributed by atoms with E-state index in [2.05, 4.69) is 27.9 Å². The lowest BCUT2D eigenvalue weighted by molar-refractivity contribution is -0.121. The maximum absolute atomic E-state index is 12.9. The third-order valence-corrected chi connectivity index (χ3v) is 5.65. The third kappa shape index (κ3) is 4.42. The van der Waals surface area contributed by atoms with Crippen LogP contribution in [0.1, 0.15) is 6.42 Å². The number of rotatable bonds is 5. The molecule has 2 aromatic rings. The first kappa shape index (κ1) is 18.8. The van der Waals surface area contributed by atoms with E-state index in [1.54, 1.807) is 12.1 Å². The lowest BCUT2D eigenvalue weighted by Gasteiger charge is -2.15. The largest absolute Gasteiger partial charge is 0.325 e. The zero-order valence-corrected chi connectivity index (χ0v) is 16.4. The molecular formula is C18H14FIN2O3S. The van der Waals surface area contributed by atoms with E-state index in [0.717, 1.165) is 15.3 Å². The molecule has 1 heterocycles. The van der Waals surface area contributed by atoms with Crippen LogP contribution in [-0.2, 0) is 14.4 Å². The van der Waals surface area contributed by atoms with Gasteiger partial charge in [0.05, 0.1) is 16.7 Å². The van der Waals surface area contributed by atoms with Gasteiger partial charge < -0.3 is 5.32 Å². The molecule has 0 bridgehead atoms. The van der Waals surface area contributed by atoms with Gasteiger partial charge in [0.25, 0.3) is 0 Å². The SMILES string of the molecule is O=C(CS[C@@H]1CC(=O)N(c2ccc(I)cc2)C1=O)Nc1ccc(F)cc1. The molecule has 2 aromatic carbocycles. The minimum Gasteiger partial charge on any atom is -0.325 e. The minimum absolute atomic E-state index is 0.0294. The molecular weight excluding hydrogens is 470 g/mol. The lowest BCUT2D eigenvalue weighted by atomic mass is 10.3. The molecule has 0 aliphatic carbocycles. The number of anilines is 2. The Hall–Kier alpha value is -1.94. The second-order valence-corrected chi connectivity index (χ2v) is 8.04. The molecule has 1 aliphatic rings. The van der Waals surface area contributed by atoms with E-state index in [1.165, 1.54) is 29.2 Å². The monoisotopic (exact) mass is 484 g/mol. The fourth-order valence-corrected chi connectivity index (χ4v) is 3.79. The van der Waals surface area contributed by atoms with E-state index in [1.807, 2.05) is 12.1 Å². The van der Waals surface area contributed by atoms with Gasteiger partial charge in [0.15, 0.2) is 0 Å². The second-order valence-electron chi connectivity index (χ2n) is 5.60. The van der Waals surface area contributed by atoms with Gasteiger partial charge in [-0.05, 0) is 71.1 Å². The molecule has 0 spiro atoms. The zero-order valence-electron chi connectivity index (χ0n) is 13.4. The number of hydrogen-bond acceptors (Lipinski definition) is 4. The molecule has 1 fully saturated rings.